The number of hydrogen-bond acceptors (Lipinski definition) is 9. The van der Waals surface area contributed by atoms with Gasteiger partial charge in [0.05, 0.1) is 0 Å². The van der Waals surface area contributed by atoms with Crippen molar-refractivity contribution in [3.8, 4) is 22.5 Å². The van der Waals surface area contributed by atoms with Crippen LogP contribution in [0.4, 0.5) is 10.5 Å². The number of H-pyrrole nitrogens is 1. The zero-order valence-corrected chi connectivity index (χ0v) is 34.6. The van der Waals surface area contributed by atoms with E-state index in [2.05, 4.69) is 56.1 Å². The molecule has 2 amide bonds. The molecule has 1 saturated carbocycles. The molecular formula is C46H59N7O5. The Kier molecular flexibility index (Phi) is 14.2. The number of ether oxygens (including phenoxy) is 1. The van der Waals surface area contributed by atoms with Crippen LogP contribution in [-0.4, -0.2) is 80.4 Å². The van der Waals surface area contributed by atoms with Crippen molar-refractivity contribution in [3.05, 3.63) is 83.9 Å². The Morgan fingerprint density at radius 3 is 2.19 bits per heavy atom. The number of benzene rings is 3. The third kappa shape index (κ3) is 12.1. The number of hydrogen-bond donors (Lipinski definition) is 3. The molecule has 0 unspecified atom stereocenters. The molecule has 12 nitrogen and oxygen atoms in total. The molecule has 2 aliphatic rings. The van der Waals surface area contributed by atoms with Crippen LogP contribution in [0.15, 0.2) is 72.8 Å². The summed E-state index contributed by atoms with van der Waals surface area (Å²) in [5.74, 6) is 0.406. The van der Waals surface area contributed by atoms with Crippen LogP contribution >= 0.6 is 0 Å². The highest BCUT2D eigenvalue weighted by molar-refractivity contribution is 5.98. The van der Waals surface area contributed by atoms with Crippen LogP contribution in [-0.2, 0) is 20.7 Å². The zero-order valence-electron chi connectivity index (χ0n) is 34.6. The standard InChI is InChI=1S/C46H59N7O5/c1-30(2)53-22-20-31(21-23-53)26-41(54)38-11-7-10-37(27-38)36-9-6-8-33(24-36)25-39(44(56)48-40-18-16-35(17-19-40)43-49-51-52-50-43)28-42(55)34-14-12-32(13-15-34)29-47-45(57)58-46(3,4)5/h6-11,16-19,24,27,30-32,34,39H,12-15,20-23,25-26,28-29H2,1-5H3,(H,47,57)(H,48,56)(H,49,50,51,52)/t32?,34?,39-/m1/s1. The summed E-state index contributed by atoms with van der Waals surface area (Å²) < 4.78 is 5.38. The highest BCUT2D eigenvalue weighted by Crippen LogP contribution is 2.32. The number of anilines is 1. The van der Waals surface area contributed by atoms with Gasteiger partial charge in [0.25, 0.3) is 0 Å². The molecule has 58 heavy (non-hydrogen) atoms. The molecule has 1 aromatic heterocycles. The number of likely N-dealkylation sites (tertiary alicyclic amines) is 1. The minimum atomic E-state index is -0.610. The van der Waals surface area contributed by atoms with Gasteiger partial charge in [0.1, 0.15) is 11.4 Å². The fourth-order valence-corrected chi connectivity index (χ4v) is 8.22. The number of aromatic nitrogens is 4. The predicted octanol–water partition coefficient (Wildman–Crippen LogP) is 8.31. The summed E-state index contributed by atoms with van der Waals surface area (Å²) in [6.07, 6.45) is 5.77. The van der Waals surface area contributed by atoms with Gasteiger partial charge in [-0.05, 0) is 157 Å². The monoisotopic (exact) mass is 789 g/mol. The van der Waals surface area contributed by atoms with E-state index in [9.17, 15) is 19.2 Å². The van der Waals surface area contributed by atoms with Crippen molar-refractivity contribution in [2.45, 2.75) is 104 Å². The Balaban J connectivity index is 1.12. The van der Waals surface area contributed by atoms with Gasteiger partial charge in [-0.1, -0.05) is 42.5 Å². The maximum absolute atomic E-state index is 14.0. The van der Waals surface area contributed by atoms with Crippen LogP contribution in [0.1, 0.15) is 102 Å². The molecule has 0 spiro atoms. The van der Waals surface area contributed by atoms with Crippen LogP contribution < -0.4 is 10.6 Å². The maximum Gasteiger partial charge on any atom is 0.407 e. The molecule has 0 bridgehead atoms. The lowest BCUT2D eigenvalue weighted by atomic mass is 9.77. The van der Waals surface area contributed by atoms with E-state index in [0.717, 1.165) is 66.6 Å². The zero-order chi connectivity index (χ0) is 41.2. The first-order chi connectivity index (χ1) is 27.8. The first-order valence-corrected chi connectivity index (χ1v) is 20.9. The minimum Gasteiger partial charge on any atom is -0.444 e. The van der Waals surface area contributed by atoms with Gasteiger partial charge in [0.2, 0.25) is 11.7 Å². The largest absolute Gasteiger partial charge is 0.444 e. The molecule has 1 saturated heterocycles. The van der Waals surface area contributed by atoms with Crippen molar-refractivity contribution >= 4 is 29.3 Å². The molecule has 1 aliphatic carbocycles. The fourth-order valence-electron chi connectivity index (χ4n) is 8.22. The molecule has 12 heteroatoms. The number of rotatable bonds is 15. The first-order valence-electron chi connectivity index (χ1n) is 20.9. The summed E-state index contributed by atoms with van der Waals surface area (Å²) in [4.78, 5) is 56.1. The van der Waals surface area contributed by atoms with Crippen LogP contribution in [0.5, 0.6) is 0 Å². The molecule has 1 aliphatic heterocycles. The quantitative estimate of drug-likeness (QED) is 0.101. The van der Waals surface area contributed by atoms with E-state index in [1.54, 1.807) is 12.1 Å². The van der Waals surface area contributed by atoms with Gasteiger partial charge in [-0.2, -0.15) is 5.21 Å². The number of carbonyl (C=O) groups excluding carboxylic acids is 4. The topological polar surface area (TPSA) is 159 Å². The number of carbonyl (C=O) groups is 4. The second-order valence-electron chi connectivity index (χ2n) is 17.5. The Hall–Kier alpha value is -5.23. The highest BCUT2D eigenvalue weighted by atomic mass is 16.6. The van der Waals surface area contributed by atoms with Crippen molar-refractivity contribution in [1.29, 1.82) is 0 Å². The molecule has 4 aromatic rings. The Bertz CT molecular complexity index is 1990. The van der Waals surface area contributed by atoms with Crippen LogP contribution in [0.2, 0.25) is 0 Å². The van der Waals surface area contributed by atoms with Crippen LogP contribution in [0, 0.1) is 23.7 Å². The van der Waals surface area contributed by atoms with E-state index in [-0.39, 0.29) is 35.7 Å². The highest BCUT2D eigenvalue weighted by Gasteiger charge is 2.31. The molecule has 0 radical (unpaired) electrons. The van der Waals surface area contributed by atoms with Gasteiger partial charge in [-0.3, -0.25) is 14.4 Å². The lowest BCUT2D eigenvalue weighted by Crippen LogP contribution is -2.38. The molecule has 1 atom stereocenters. The molecule has 2 fully saturated rings. The Labute approximate surface area is 342 Å². The van der Waals surface area contributed by atoms with Gasteiger partial charge >= 0.3 is 6.09 Å². The fraction of sp³-hybridized carbons (Fsp3) is 0.500. The van der Waals surface area contributed by atoms with E-state index in [1.165, 1.54) is 0 Å². The summed E-state index contributed by atoms with van der Waals surface area (Å²) in [7, 11) is 0. The number of aromatic amines is 1. The Morgan fingerprint density at radius 1 is 0.845 bits per heavy atom. The molecule has 308 valence electrons. The molecule has 2 heterocycles. The van der Waals surface area contributed by atoms with Crippen LogP contribution in [0.25, 0.3) is 22.5 Å². The SMILES string of the molecule is CC(C)N1CCC(CC(=O)c2cccc(-c3cccc(C[C@H](CC(=O)C4CCC(CNC(=O)OC(C)(C)C)CC4)C(=O)Nc4ccc(-c5nn[nH]n5)cc4)c3)c2)CC1. The maximum atomic E-state index is 14.0. The second-order valence-corrected chi connectivity index (χ2v) is 17.5. The normalized spacial score (nSPS) is 18.4. The average Bonchev–Trinajstić information content (AvgIpc) is 3.75. The summed E-state index contributed by atoms with van der Waals surface area (Å²) in [5.41, 5.74) is 4.35. The number of amides is 2. The number of piperidine rings is 1. The van der Waals surface area contributed by atoms with Crippen molar-refractivity contribution in [3.63, 3.8) is 0 Å². The van der Waals surface area contributed by atoms with Crippen molar-refractivity contribution in [1.82, 2.24) is 30.8 Å². The Morgan fingerprint density at radius 2 is 1.53 bits per heavy atom. The number of nitrogens with zero attached hydrogens (tertiary/aromatic N) is 4. The number of alkyl carbamates (subject to hydrolysis) is 1. The predicted molar refractivity (Wildman–Crippen MR) is 225 cm³/mol. The smallest absolute Gasteiger partial charge is 0.407 e. The summed E-state index contributed by atoms with van der Waals surface area (Å²) in [5, 5.41) is 20.0. The molecule has 3 N–H and O–H groups in total. The van der Waals surface area contributed by atoms with Gasteiger partial charge in [-0.25, -0.2) is 4.79 Å². The molecule has 6 rings (SSSR count). The average molecular weight is 790 g/mol. The van der Waals surface area contributed by atoms with E-state index in [0.29, 0.717) is 55.7 Å². The second kappa shape index (κ2) is 19.5. The summed E-state index contributed by atoms with van der Waals surface area (Å²) in [6.45, 7) is 12.5. The summed E-state index contributed by atoms with van der Waals surface area (Å²) >= 11 is 0. The minimum absolute atomic E-state index is 0.0865. The van der Waals surface area contributed by atoms with Crippen molar-refractivity contribution in [2.24, 2.45) is 23.7 Å². The third-order valence-electron chi connectivity index (χ3n) is 11.6. The lowest BCUT2D eigenvalue weighted by molar-refractivity contribution is -0.129. The number of ketones is 2. The van der Waals surface area contributed by atoms with E-state index >= 15 is 0 Å². The van der Waals surface area contributed by atoms with E-state index in [4.69, 9.17) is 4.74 Å². The molecule has 3 aromatic carbocycles. The van der Waals surface area contributed by atoms with Gasteiger partial charge in [-0.15, -0.1) is 10.2 Å². The summed E-state index contributed by atoms with van der Waals surface area (Å²) in [6, 6.07) is 23.6. The lowest BCUT2D eigenvalue weighted by Gasteiger charge is -2.34. The van der Waals surface area contributed by atoms with Crippen molar-refractivity contribution < 1.29 is 23.9 Å². The number of Topliss-reactive ketones (excluding diaryl/α,β-unsaturated/α-hetero) is 2. The van der Waals surface area contributed by atoms with Gasteiger partial charge in [0, 0.05) is 54.1 Å². The van der Waals surface area contributed by atoms with Gasteiger partial charge < -0.3 is 20.3 Å². The number of nitrogens with one attached hydrogen (secondary N) is 3. The van der Waals surface area contributed by atoms with Crippen molar-refractivity contribution in [2.75, 3.05) is 25.0 Å². The van der Waals surface area contributed by atoms with E-state index in [1.807, 2.05) is 75.4 Å². The first kappa shape index (κ1) is 42.4. The van der Waals surface area contributed by atoms with Gasteiger partial charge in [0.15, 0.2) is 5.78 Å². The van der Waals surface area contributed by atoms with Crippen LogP contribution in [0.3, 0.4) is 0 Å². The third-order valence-corrected chi connectivity index (χ3v) is 11.6. The van der Waals surface area contributed by atoms with E-state index < -0.39 is 17.6 Å². The molecular weight excluding hydrogens is 731 g/mol. The number of tetrazole rings is 1.